The van der Waals surface area contributed by atoms with E-state index >= 15 is 0 Å². The minimum Gasteiger partial charge on any atom is -0.399 e. The van der Waals surface area contributed by atoms with Gasteiger partial charge in [-0.25, -0.2) is 18.0 Å². The molecule has 1 aliphatic heterocycles. The maximum atomic E-state index is 14.6. The SMILES string of the molecule is Cc1ccc(F)c(NC(=O)Nc2cc(F)c(B3OC(C)(C)C(C)(C)O3)cc2F)c1. The van der Waals surface area contributed by atoms with Crippen LogP contribution >= 0.6 is 0 Å². The molecule has 0 aromatic heterocycles. The first-order valence-corrected chi connectivity index (χ1v) is 9.08. The molecule has 0 aliphatic carbocycles. The molecule has 0 radical (unpaired) electrons. The Balaban J connectivity index is 1.78. The van der Waals surface area contributed by atoms with Crippen molar-refractivity contribution in [2.24, 2.45) is 0 Å². The number of rotatable bonds is 3. The molecular weight excluding hydrogens is 384 g/mol. The number of hydrogen-bond donors (Lipinski definition) is 2. The average Bonchev–Trinajstić information content (AvgIpc) is 2.81. The summed E-state index contributed by atoms with van der Waals surface area (Å²) in [5.74, 6) is -2.33. The van der Waals surface area contributed by atoms with Crippen molar-refractivity contribution in [2.75, 3.05) is 10.6 Å². The van der Waals surface area contributed by atoms with Gasteiger partial charge in [-0.3, -0.25) is 0 Å². The Hall–Kier alpha value is -2.52. The van der Waals surface area contributed by atoms with Crippen LogP contribution in [0, 0.1) is 24.4 Å². The number of carbonyl (C=O) groups excluding carboxylic acids is 1. The molecule has 0 saturated carbocycles. The van der Waals surface area contributed by atoms with Crippen molar-refractivity contribution in [3.63, 3.8) is 0 Å². The van der Waals surface area contributed by atoms with Gasteiger partial charge in [0.25, 0.3) is 0 Å². The second kappa shape index (κ2) is 7.38. The maximum Gasteiger partial charge on any atom is 0.497 e. The van der Waals surface area contributed by atoms with E-state index in [9.17, 15) is 18.0 Å². The summed E-state index contributed by atoms with van der Waals surface area (Å²) in [4.78, 5) is 12.1. The van der Waals surface area contributed by atoms with Crippen LogP contribution in [0.25, 0.3) is 0 Å². The van der Waals surface area contributed by atoms with Gasteiger partial charge < -0.3 is 19.9 Å². The van der Waals surface area contributed by atoms with Crippen LogP contribution in [0.1, 0.15) is 33.3 Å². The Morgan fingerprint density at radius 3 is 2.00 bits per heavy atom. The van der Waals surface area contributed by atoms with Crippen molar-refractivity contribution in [2.45, 2.75) is 45.8 Å². The van der Waals surface area contributed by atoms with Gasteiger partial charge in [0.1, 0.15) is 17.5 Å². The smallest absolute Gasteiger partial charge is 0.399 e. The highest BCUT2D eigenvalue weighted by atomic mass is 19.1. The van der Waals surface area contributed by atoms with Gasteiger partial charge in [-0.1, -0.05) is 6.07 Å². The lowest BCUT2D eigenvalue weighted by Gasteiger charge is -2.32. The molecular formula is C20H22BF3N2O3. The summed E-state index contributed by atoms with van der Waals surface area (Å²) < 4.78 is 54.4. The molecule has 1 aliphatic rings. The maximum absolute atomic E-state index is 14.6. The fourth-order valence-corrected chi connectivity index (χ4v) is 2.82. The lowest BCUT2D eigenvalue weighted by Crippen LogP contribution is -2.41. The quantitative estimate of drug-likeness (QED) is 0.745. The van der Waals surface area contributed by atoms with Crippen LogP contribution < -0.4 is 16.1 Å². The summed E-state index contributed by atoms with van der Waals surface area (Å²) in [6.45, 7) is 8.92. The van der Waals surface area contributed by atoms with Gasteiger partial charge >= 0.3 is 13.1 Å². The number of benzene rings is 2. The fourth-order valence-electron chi connectivity index (χ4n) is 2.82. The molecule has 0 spiro atoms. The lowest BCUT2D eigenvalue weighted by atomic mass is 9.78. The third-order valence-electron chi connectivity index (χ3n) is 5.21. The summed E-state index contributed by atoms with van der Waals surface area (Å²) in [6, 6.07) is 5.01. The van der Waals surface area contributed by atoms with Crippen LogP contribution in [0.4, 0.5) is 29.3 Å². The zero-order valence-electron chi connectivity index (χ0n) is 16.8. The van der Waals surface area contributed by atoms with Gasteiger partial charge in [0, 0.05) is 11.5 Å². The van der Waals surface area contributed by atoms with Gasteiger partial charge in [-0.2, -0.15) is 0 Å². The Kier molecular flexibility index (Phi) is 5.40. The molecule has 5 nitrogen and oxygen atoms in total. The van der Waals surface area contributed by atoms with E-state index in [2.05, 4.69) is 10.6 Å². The van der Waals surface area contributed by atoms with E-state index in [1.165, 1.54) is 12.1 Å². The first kappa shape index (κ1) is 21.2. The van der Waals surface area contributed by atoms with Crippen LogP contribution in [0.3, 0.4) is 0 Å². The van der Waals surface area contributed by atoms with Crippen molar-refractivity contribution in [3.8, 4) is 0 Å². The van der Waals surface area contributed by atoms with E-state index in [1.807, 2.05) is 0 Å². The molecule has 29 heavy (non-hydrogen) atoms. The van der Waals surface area contributed by atoms with Gasteiger partial charge in [-0.15, -0.1) is 0 Å². The molecule has 154 valence electrons. The van der Waals surface area contributed by atoms with Crippen LogP contribution in [0.5, 0.6) is 0 Å². The van der Waals surface area contributed by atoms with Crippen LogP contribution in [-0.4, -0.2) is 24.4 Å². The van der Waals surface area contributed by atoms with Crippen LogP contribution in [-0.2, 0) is 9.31 Å². The molecule has 2 aromatic carbocycles. The average molecular weight is 406 g/mol. The predicted molar refractivity (Wildman–Crippen MR) is 106 cm³/mol. The normalized spacial score (nSPS) is 17.3. The van der Waals surface area contributed by atoms with Gasteiger partial charge in [0.05, 0.1) is 22.6 Å². The summed E-state index contributed by atoms with van der Waals surface area (Å²) in [7, 11) is -1.08. The molecule has 2 amide bonds. The number of anilines is 2. The second-order valence-corrected chi connectivity index (χ2v) is 8.00. The molecule has 0 bridgehead atoms. The van der Waals surface area contributed by atoms with Gasteiger partial charge in [0.15, 0.2) is 0 Å². The molecule has 2 aromatic rings. The largest absolute Gasteiger partial charge is 0.497 e. The van der Waals surface area contributed by atoms with Gasteiger partial charge in [-0.05, 0) is 58.4 Å². The summed E-state index contributed by atoms with van der Waals surface area (Å²) in [6.07, 6.45) is 0. The number of aryl methyl sites for hydroxylation is 1. The zero-order valence-corrected chi connectivity index (χ0v) is 16.8. The van der Waals surface area contributed by atoms with E-state index in [0.29, 0.717) is 0 Å². The molecule has 2 N–H and O–H groups in total. The standard InChI is InChI=1S/C20H22BF3N2O3/c1-11-6-7-13(22)16(8-11)25-18(27)26-17-10-14(23)12(9-15(17)24)21-28-19(2,3)20(4,5)29-21/h6-10H,1-5H3,(H2,25,26,27). The molecule has 3 rings (SSSR count). The van der Waals surface area contributed by atoms with E-state index in [-0.39, 0.29) is 11.2 Å². The number of hydrogen-bond acceptors (Lipinski definition) is 3. The van der Waals surface area contributed by atoms with Gasteiger partial charge in [0.2, 0.25) is 0 Å². The van der Waals surface area contributed by atoms with E-state index in [1.54, 1.807) is 40.7 Å². The Morgan fingerprint density at radius 1 is 0.862 bits per heavy atom. The van der Waals surface area contributed by atoms with Crippen molar-refractivity contribution in [1.29, 1.82) is 0 Å². The summed E-state index contributed by atoms with van der Waals surface area (Å²) >= 11 is 0. The second-order valence-electron chi connectivity index (χ2n) is 8.00. The fraction of sp³-hybridized carbons (Fsp3) is 0.350. The number of amides is 2. The topological polar surface area (TPSA) is 59.6 Å². The van der Waals surface area contributed by atoms with Crippen LogP contribution in [0.15, 0.2) is 30.3 Å². The highest BCUT2D eigenvalue weighted by Crippen LogP contribution is 2.36. The predicted octanol–water partition coefficient (Wildman–Crippen LogP) is 4.36. The van der Waals surface area contributed by atoms with E-state index in [4.69, 9.17) is 9.31 Å². The third kappa shape index (κ3) is 4.25. The number of carbonyl (C=O) groups is 1. The lowest BCUT2D eigenvalue weighted by molar-refractivity contribution is 0.00578. The minimum atomic E-state index is -1.08. The summed E-state index contributed by atoms with van der Waals surface area (Å²) in [5, 5.41) is 4.46. The van der Waals surface area contributed by atoms with E-state index < -0.39 is 47.5 Å². The molecule has 0 unspecified atom stereocenters. The number of halogens is 3. The molecule has 9 heteroatoms. The number of nitrogens with one attached hydrogen (secondary N) is 2. The molecule has 1 fully saturated rings. The molecule has 1 saturated heterocycles. The monoisotopic (exact) mass is 406 g/mol. The number of urea groups is 1. The first-order chi connectivity index (χ1) is 13.4. The summed E-state index contributed by atoms with van der Waals surface area (Å²) in [5.41, 5.74) is -1.28. The Morgan fingerprint density at radius 2 is 1.41 bits per heavy atom. The van der Waals surface area contributed by atoms with Crippen LogP contribution in [0.2, 0.25) is 0 Å². The van der Waals surface area contributed by atoms with Crippen molar-refractivity contribution >= 4 is 30.0 Å². The van der Waals surface area contributed by atoms with Crippen molar-refractivity contribution < 1.29 is 27.3 Å². The van der Waals surface area contributed by atoms with Crippen molar-refractivity contribution in [1.82, 2.24) is 0 Å². The molecule has 1 heterocycles. The van der Waals surface area contributed by atoms with E-state index in [0.717, 1.165) is 17.7 Å². The zero-order chi connectivity index (χ0) is 21.6. The molecule has 0 atom stereocenters. The Labute approximate surface area is 167 Å². The first-order valence-electron chi connectivity index (χ1n) is 9.08. The third-order valence-corrected chi connectivity index (χ3v) is 5.21. The Bertz CT molecular complexity index is 950. The van der Waals surface area contributed by atoms with Crippen molar-refractivity contribution in [3.05, 3.63) is 53.3 Å². The highest BCUT2D eigenvalue weighted by Gasteiger charge is 2.52. The minimum absolute atomic E-state index is 0.0720. The highest BCUT2D eigenvalue weighted by molar-refractivity contribution is 6.62.